The van der Waals surface area contributed by atoms with Crippen LogP contribution < -0.4 is 0 Å². The summed E-state index contributed by atoms with van der Waals surface area (Å²) in [5.74, 6) is 6.57. The molecule has 0 nitrogen and oxygen atoms in total. The van der Waals surface area contributed by atoms with Crippen LogP contribution in [0.15, 0.2) is 0 Å². The minimum Gasteiger partial charge on any atom is -0.0776 e. The lowest BCUT2D eigenvalue weighted by Crippen LogP contribution is -2.42. The molecule has 3 rings (SSSR count). The van der Waals surface area contributed by atoms with Gasteiger partial charge in [0.05, 0.1) is 0 Å². The highest BCUT2D eigenvalue weighted by Crippen LogP contribution is 2.53. The Bertz CT molecular complexity index is 244. The molecule has 0 aliphatic heterocycles. The van der Waals surface area contributed by atoms with Crippen molar-refractivity contribution in [1.82, 2.24) is 0 Å². The Kier molecular flexibility index (Phi) is 4.21. The molecular weight excluding hydrogens is 204 g/mol. The van der Waals surface area contributed by atoms with Gasteiger partial charge < -0.3 is 0 Å². The van der Waals surface area contributed by atoms with Crippen molar-refractivity contribution in [1.29, 1.82) is 0 Å². The van der Waals surface area contributed by atoms with Gasteiger partial charge in [0.1, 0.15) is 0 Å². The topological polar surface area (TPSA) is 0 Å². The van der Waals surface area contributed by atoms with Crippen molar-refractivity contribution < 1.29 is 0 Å². The number of fused-ring (bicyclic) bond motifs is 3. The average molecular weight is 236 g/mol. The van der Waals surface area contributed by atoms with Crippen molar-refractivity contribution >= 4 is 0 Å². The molecule has 17 heavy (non-hydrogen) atoms. The molecule has 0 bridgehead atoms. The highest BCUT2D eigenvalue weighted by Gasteiger charge is 2.44. The van der Waals surface area contributed by atoms with Gasteiger partial charge in [-0.15, -0.1) is 0 Å². The molecule has 0 aromatic rings. The van der Waals surface area contributed by atoms with Gasteiger partial charge in [-0.3, -0.25) is 0 Å². The van der Waals surface area contributed by atoms with Crippen LogP contribution in [0.5, 0.6) is 0 Å². The highest BCUT2D eigenvalue weighted by molar-refractivity contribution is 4.94. The minimum absolute atomic E-state index is 0. The lowest BCUT2D eigenvalue weighted by atomic mass is 9.54. The Balaban J connectivity index is 0.00000108. The highest BCUT2D eigenvalue weighted by atomic mass is 14.5. The molecule has 0 heterocycles. The fourth-order valence-electron chi connectivity index (χ4n) is 5.38. The van der Waals surface area contributed by atoms with Crippen LogP contribution in [0.1, 0.15) is 72.6 Å². The van der Waals surface area contributed by atoms with E-state index in [9.17, 15) is 0 Å². The zero-order valence-electron chi connectivity index (χ0n) is 11.1. The quantitative estimate of drug-likeness (QED) is 0.519. The van der Waals surface area contributed by atoms with Crippen LogP contribution in [-0.4, -0.2) is 0 Å². The first-order valence-corrected chi connectivity index (χ1v) is 7.75. The first-order chi connectivity index (χ1) is 7.75. The van der Waals surface area contributed by atoms with Gasteiger partial charge in [0.25, 0.3) is 0 Å². The van der Waals surface area contributed by atoms with Crippen LogP contribution >= 0.6 is 0 Å². The lowest BCUT2D eigenvalue weighted by molar-refractivity contribution is -0.00903. The predicted molar refractivity (Wildman–Crippen MR) is 76.0 cm³/mol. The summed E-state index contributed by atoms with van der Waals surface area (Å²) >= 11 is 0. The summed E-state index contributed by atoms with van der Waals surface area (Å²) in [6, 6.07) is 0. The lowest BCUT2D eigenvalue weighted by Gasteiger charge is -2.51. The number of hydrogen-bond donors (Lipinski definition) is 0. The van der Waals surface area contributed by atoms with Crippen LogP contribution in [0.3, 0.4) is 0 Å². The summed E-state index contributed by atoms with van der Waals surface area (Å²) in [7, 11) is 0. The van der Waals surface area contributed by atoms with Gasteiger partial charge >= 0.3 is 0 Å². The molecular formula is C17H32. The van der Waals surface area contributed by atoms with E-state index >= 15 is 0 Å². The van der Waals surface area contributed by atoms with E-state index in [0.29, 0.717) is 0 Å². The van der Waals surface area contributed by atoms with E-state index in [2.05, 4.69) is 13.8 Å². The van der Waals surface area contributed by atoms with E-state index in [1.165, 1.54) is 19.3 Å². The van der Waals surface area contributed by atoms with Crippen molar-refractivity contribution in [3.05, 3.63) is 0 Å². The molecule has 0 spiro atoms. The van der Waals surface area contributed by atoms with E-state index in [1.54, 1.807) is 32.1 Å². The molecule has 6 unspecified atom stereocenters. The molecule has 3 aliphatic rings. The minimum atomic E-state index is 0. The molecule has 6 atom stereocenters. The third-order valence-corrected chi connectivity index (χ3v) is 6.20. The molecule has 0 amide bonds. The van der Waals surface area contributed by atoms with Crippen molar-refractivity contribution in [2.24, 2.45) is 35.5 Å². The Morgan fingerprint density at radius 1 is 0.706 bits per heavy atom. The molecule has 3 fully saturated rings. The second-order valence-electron chi connectivity index (χ2n) is 7.16. The number of hydrogen-bond acceptors (Lipinski definition) is 0. The van der Waals surface area contributed by atoms with Gasteiger partial charge in [0, 0.05) is 0 Å². The Labute approximate surface area is 109 Å². The normalized spacial score (nSPS) is 49.8. The molecule has 100 valence electrons. The standard InChI is InChI=1S/C16H28.CH4/c1-11-6-8-15-13(10-11)7-9-14-12(2)4-3-5-16(14)15;/h11-16H,3-10H2,1-2H3;1H4. The van der Waals surface area contributed by atoms with Gasteiger partial charge in [-0.1, -0.05) is 40.5 Å². The molecule has 0 saturated heterocycles. The van der Waals surface area contributed by atoms with Crippen LogP contribution in [0.4, 0.5) is 0 Å². The third-order valence-electron chi connectivity index (χ3n) is 6.20. The van der Waals surface area contributed by atoms with Gasteiger partial charge in [0.15, 0.2) is 0 Å². The van der Waals surface area contributed by atoms with E-state index in [1.807, 2.05) is 0 Å². The Morgan fingerprint density at radius 3 is 2.29 bits per heavy atom. The first-order valence-electron chi connectivity index (χ1n) is 7.75. The van der Waals surface area contributed by atoms with Crippen molar-refractivity contribution in [3.63, 3.8) is 0 Å². The summed E-state index contributed by atoms with van der Waals surface area (Å²) in [6.07, 6.45) is 12.4. The van der Waals surface area contributed by atoms with Crippen molar-refractivity contribution in [3.8, 4) is 0 Å². The van der Waals surface area contributed by atoms with Crippen LogP contribution in [0.25, 0.3) is 0 Å². The van der Waals surface area contributed by atoms with Gasteiger partial charge in [-0.2, -0.15) is 0 Å². The van der Waals surface area contributed by atoms with Crippen molar-refractivity contribution in [2.75, 3.05) is 0 Å². The summed E-state index contributed by atoms with van der Waals surface area (Å²) < 4.78 is 0. The van der Waals surface area contributed by atoms with Gasteiger partial charge in [-0.05, 0) is 67.6 Å². The summed E-state index contributed by atoms with van der Waals surface area (Å²) in [5, 5.41) is 0. The summed E-state index contributed by atoms with van der Waals surface area (Å²) in [4.78, 5) is 0. The van der Waals surface area contributed by atoms with E-state index in [4.69, 9.17) is 0 Å². The predicted octanol–water partition coefficient (Wildman–Crippen LogP) is 5.52. The molecule has 0 N–H and O–H groups in total. The third kappa shape index (κ3) is 2.42. The fraction of sp³-hybridized carbons (Fsp3) is 1.00. The first kappa shape index (κ1) is 13.4. The van der Waals surface area contributed by atoms with Crippen molar-refractivity contribution in [2.45, 2.75) is 72.6 Å². The van der Waals surface area contributed by atoms with E-state index in [0.717, 1.165) is 35.5 Å². The van der Waals surface area contributed by atoms with E-state index in [-0.39, 0.29) is 7.43 Å². The SMILES string of the molecule is C.CC1CCC2C(CCC3C(C)CCCC32)C1. The van der Waals surface area contributed by atoms with Crippen LogP contribution in [0, 0.1) is 35.5 Å². The molecule has 3 aliphatic carbocycles. The van der Waals surface area contributed by atoms with E-state index < -0.39 is 0 Å². The Hall–Kier alpha value is 0. The maximum absolute atomic E-state index is 2.53. The smallest absolute Gasteiger partial charge is 0.0352 e. The Morgan fingerprint density at radius 2 is 1.47 bits per heavy atom. The second-order valence-corrected chi connectivity index (χ2v) is 7.16. The maximum atomic E-state index is 2.53. The maximum Gasteiger partial charge on any atom is -0.0352 e. The van der Waals surface area contributed by atoms with Crippen LogP contribution in [0.2, 0.25) is 0 Å². The second kappa shape index (κ2) is 5.33. The summed E-state index contributed by atoms with van der Waals surface area (Å²) in [6.45, 7) is 5.01. The van der Waals surface area contributed by atoms with Gasteiger partial charge in [-0.25, -0.2) is 0 Å². The largest absolute Gasteiger partial charge is 0.0776 e. The molecule has 0 aromatic carbocycles. The molecule has 0 aromatic heterocycles. The zero-order chi connectivity index (χ0) is 11.1. The molecule has 0 heteroatoms. The zero-order valence-corrected chi connectivity index (χ0v) is 11.1. The monoisotopic (exact) mass is 236 g/mol. The molecule has 0 radical (unpaired) electrons. The molecule has 3 saturated carbocycles. The number of rotatable bonds is 0. The summed E-state index contributed by atoms with van der Waals surface area (Å²) in [5.41, 5.74) is 0. The fourth-order valence-corrected chi connectivity index (χ4v) is 5.38. The van der Waals surface area contributed by atoms with Gasteiger partial charge in [0.2, 0.25) is 0 Å². The average Bonchev–Trinajstić information content (AvgIpc) is 2.28. The van der Waals surface area contributed by atoms with Crippen LogP contribution in [-0.2, 0) is 0 Å².